The van der Waals surface area contributed by atoms with Gasteiger partial charge in [0.25, 0.3) is 0 Å². The topological polar surface area (TPSA) is 49.2 Å². The molecular weight excluding hydrogens is 226 g/mol. The minimum absolute atomic E-state index is 0.0710. The minimum atomic E-state index is -0.123. The maximum absolute atomic E-state index is 9.34. The first kappa shape index (κ1) is 11.6. The second kappa shape index (κ2) is 4.18. The molecule has 0 spiro atoms. The Morgan fingerprint density at radius 2 is 2.25 bits per heavy atom. The summed E-state index contributed by atoms with van der Waals surface area (Å²) in [5.74, 6) is 0.769. The molecule has 16 heavy (non-hydrogen) atoms. The van der Waals surface area contributed by atoms with Crippen LogP contribution < -0.4 is 4.90 Å². The van der Waals surface area contributed by atoms with E-state index in [2.05, 4.69) is 28.7 Å². The number of hydrogen-bond donors (Lipinski definition) is 1. The quantitative estimate of drug-likeness (QED) is 0.805. The van der Waals surface area contributed by atoms with E-state index in [9.17, 15) is 5.11 Å². The van der Waals surface area contributed by atoms with Gasteiger partial charge in [0, 0.05) is 12.1 Å². The first-order valence-electron chi connectivity index (χ1n) is 5.44. The molecule has 0 radical (unpaired) electrons. The molecule has 0 saturated carbocycles. The molecule has 88 valence electrons. The normalized spacial score (nSPS) is 19.1. The van der Waals surface area contributed by atoms with Crippen LogP contribution in [0.3, 0.4) is 0 Å². The molecule has 1 aromatic rings. The van der Waals surface area contributed by atoms with Crippen LogP contribution in [0.15, 0.2) is 6.33 Å². The van der Waals surface area contributed by atoms with Crippen molar-refractivity contribution in [2.45, 2.75) is 38.8 Å². The predicted octanol–water partition coefficient (Wildman–Crippen LogP) is 2.00. The molecule has 2 heterocycles. The van der Waals surface area contributed by atoms with E-state index in [0.29, 0.717) is 10.7 Å². The van der Waals surface area contributed by atoms with Gasteiger partial charge in [-0.1, -0.05) is 11.6 Å². The van der Waals surface area contributed by atoms with Gasteiger partial charge in [-0.15, -0.1) is 0 Å². The fraction of sp³-hybridized carbons (Fsp3) is 0.636. The molecular formula is C11H16ClN3O. The van der Waals surface area contributed by atoms with Crippen molar-refractivity contribution in [1.29, 1.82) is 0 Å². The predicted molar refractivity (Wildman–Crippen MR) is 63.6 cm³/mol. The van der Waals surface area contributed by atoms with Gasteiger partial charge in [0.15, 0.2) is 0 Å². The van der Waals surface area contributed by atoms with E-state index in [4.69, 9.17) is 11.6 Å². The fourth-order valence-corrected chi connectivity index (χ4v) is 2.44. The van der Waals surface area contributed by atoms with Gasteiger partial charge in [0.2, 0.25) is 0 Å². The summed E-state index contributed by atoms with van der Waals surface area (Å²) in [6, 6.07) is 0. The van der Waals surface area contributed by atoms with E-state index in [0.717, 1.165) is 25.2 Å². The summed E-state index contributed by atoms with van der Waals surface area (Å²) in [4.78, 5) is 10.4. The van der Waals surface area contributed by atoms with E-state index in [1.165, 1.54) is 6.33 Å². The van der Waals surface area contributed by atoms with Crippen molar-refractivity contribution in [2.24, 2.45) is 0 Å². The van der Waals surface area contributed by atoms with Gasteiger partial charge in [0.1, 0.15) is 17.3 Å². The third-order valence-electron chi connectivity index (χ3n) is 3.18. The maximum Gasteiger partial charge on any atom is 0.140 e. The molecule has 0 unspecified atom stereocenters. The van der Waals surface area contributed by atoms with E-state index in [-0.39, 0.29) is 12.1 Å². The van der Waals surface area contributed by atoms with Crippen molar-refractivity contribution in [3.8, 4) is 0 Å². The largest absolute Gasteiger partial charge is 0.391 e. The summed E-state index contributed by atoms with van der Waals surface area (Å²) in [5.41, 5.74) is 0.695. The van der Waals surface area contributed by atoms with E-state index < -0.39 is 0 Å². The van der Waals surface area contributed by atoms with Gasteiger partial charge in [-0.2, -0.15) is 0 Å². The summed E-state index contributed by atoms with van der Waals surface area (Å²) in [5, 5.41) is 9.68. The smallest absolute Gasteiger partial charge is 0.140 e. The number of hydrogen-bond acceptors (Lipinski definition) is 4. The minimum Gasteiger partial charge on any atom is -0.391 e. The third-order valence-corrected chi connectivity index (χ3v) is 3.51. The number of aliphatic hydroxyl groups excluding tert-OH is 1. The first-order valence-corrected chi connectivity index (χ1v) is 5.82. The molecule has 1 aliphatic heterocycles. The molecule has 1 N–H and O–H groups in total. The van der Waals surface area contributed by atoms with E-state index >= 15 is 0 Å². The van der Waals surface area contributed by atoms with Gasteiger partial charge in [-0.05, 0) is 26.7 Å². The van der Waals surface area contributed by atoms with Gasteiger partial charge in [0.05, 0.1) is 12.2 Å². The number of nitrogens with zero attached hydrogens (tertiary/aromatic N) is 3. The molecule has 2 rings (SSSR count). The van der Waals surface area contributed by atoms with Gasteiger partial charge < -0.3 is 10.0 Å². The number of anilines is 1. The number of halogens is 1. The summed E-state index contributed by atoms with van der Waals surface area (Å²) in [7, 11) is 0. The number of aromatic nitrogens is 2. The average molecular weight is 242 g/mol. The van der Waals surface area contributed by atoms with Crippen LogP contribution in [0, 0.1) is 0 Å². The van der Waals surface area contributed by atoms with Gasteiger partial charge >= 0.3 is 0 Å². The van der Waals surface area contributed by atoms with Crippen LogP contribution >= 0.6 is 11.6 Å². The van der Waals surface area contributed by atoms with Crippen LogP contribution in [0.5, 0.6) is 0 Å². The Bertz CT molecular complexity index is 395. The first-order chi connectivity index (χ1) is 7.56. The van der Waals surface area contributed by atoms with E-state index in [1.807, 2.05) is 0 Å². The SMILES string of the molecule is CC1(C)CCCN1c1ncnc(Cl)c1CO. The van der Waals surface area contributed by atoms with Crippen molar-refractivity contribution in [3.05, 3.63) is 17.0 Å². The van der Waals surface area contributed by atoms with Crippen molar-refractivity contribution in [2.75, 3.05) is 11.4 Å². The van der Waals surface area contributed by atoms with Crippen LogP contribution in [-0.4, -0.2) is 27.2 Å². The lowest BCUT2D eigenvalue weighted by Gasteiger charge is -2.33. The molecule has 4 nitrogen and oxygen atoms in total. The summed E-state index contributed by atoms with van der Waals surface area (Å²) in [6.07, 6.45) is 3.71. The zero-order chi connectivity index (χ0) is 11.8. The van der Waals surface area contributed by atoms with Crippen LogP contribution in [0.2, 0.25) is 5.15 Å². The average Bonchev–Trinajstić information content (AvgIpc) is 2.57. The van der Waals surface area contributed by atoms with E-state index in [1.54, 1.807) is 0 Å². The highest BCUT2D eigenvalue weighted by atomic mass is 35.5. The van der Waals surface area contributed by atoms with Crippen molar-refractivity contribution in [1.82, 2.24) is 9.97 Å². The Kier molecular flexibility index (Phi) is 3.04. The van der Waals surface area contributed by atoms with Crippen LogP contribution in [0.4, 0.5) is 5.82 Å². The highest BCUT2D eigenvalue weighted by molar-refractivity contribution is 6.30. The van der Waals surface area contributed by atoms with Crippen LogP contribution in [-0.2, 0) is 6.61 Å². The molecule has 0 amide bonds. The summed E-state index contributed by atoms with van der Waals surface area (Å²) >= 11 is 5.96. The Balaban J connectivity index is 2.44. The van der Waals surface area contributed by atoms with Crippen LogP contribution in [0.1, 0.15) is 32.3 Å². The zero-order valence-corrected chi connectivity index (χ0v) is 10.3. The molecule has 0 aromatic carbocycles. The Hall–Kier alpha value is -0.870. The zero-order valence-electron chi connectivity index (χ0n) is 9.57. The molecule has 5 heteroatoms. The number of aliphatic hydroxyl groups is 1. The van der Waals surface area contributed by atoms with Crippen molar-refractivity contribution < 1.29 is 5.11 Å². The number of rotatable bonds is 2. The van der Waals surface area contributed by atoms with Crippen molar-refractivity contribution in [3.63, 3.8) is 0 Å². The molecule has 0 atom stereocenters. The Morgan fingerprint density at radius 3 is 2.81 bits per heavy atom. The highest BCUT2D eigenvalue weighted by Gasteiger charge is 2.34. The lowest BCUT2D eigenvalue weighted by Crippen LogP contribution is -2.39. The second-order valence-electron chi connectivity index (χ2n) is 4.69. The van der Waals surface area contributed by atoms with Crippen molar-refractivity contribution >= 4 is 17.4 Å². The molecule has 1 saturated heterocycles. The summed E-state index contributed by atoms with van der Waals surface area (Å²) < 4.78 is 0. The molecule has 1 aliphatic rings. The van der Waals surface area contributed by atoms with Gasteiger partial charge in [-0.3, -0.25) is 0 Å². The Morgan fingerprint density at radius 1 is 1.50 bits per heavy atom. The lowest BCUT2D eigenvalue weighted by atomic mass is 10.0. The standard InChI is InChI=1S/C11H16ClN3O/c1-11(2)4-3-5-15(11)10-8(6-16)9(12)13-7-14-10/h7,16H,3-6H2,1-2H3. The lowest BCUT2D eigenvalue weighted by molar-refractivity contribution is 0.280. The monoisotopic (exact) mass is 241 g/mol. The Labute approximate surface area is 100 Å². The molecule has 1 aromatic heterocycles. The molecule has 1 fully saturated rings. The van der Waals surface area contributed by atoms with Gasteiger partial charge in [-0.25, -0.2) is 9.97 Å². The highest BCUT2D eigenvalue weighted by Crippen LogP contribution is 2.35. The molecule has 0 bridgehead atoms. The van der Waals surface area contributed by atoms with Crippen LogP contribution in [0.25, 0.3) is 0 Å². The maximum atomic E-state index is 9.34. The summed E-state index contributed by atoms with van der Waals surface area (Å²) in [6.45, 7) is 5.18. The molecule has 0 aliphatic carbocycles. The third kappa shape index (κ3) is 1.87. The fourth-order valence-electron chi connectivity index (χ4n) is 2.25. The second-order valence-corrected chi connectivity index (χ2v) is 5.05.